The smallest absolute Gasteiger partial charge is 0.124 e. The molecule has 2 aromatic carbocycles. The maximum absolute atomic E-state index is 6.30. The summed E-state index contributed by atoms with van der Waals surface area (Å²) in [5.74, 6) is 0.862. The highest BCUT2D eigenvalue weighted by Crippen LogP contribution is 2.28. The van der Waals surface area contributed by atoms with Gasteiger partial charge in [0.05, 0.1) is 18.2 Å². The van der Waals surface area contributed by atoms with E-state index < -0.39 is 0 Å². The molecule has 0 radical (unpaired) electrons. The van der Waals surface area contributed by atoms with Crippen molar-refractivity contribution in [3.63, 3.8) is 0 Å². The van der Waals surface area contributed by atoms with E-state index in [1.165, 1.54) is 0 Å². The van der Waals surface area contributed by atoms with E-state index in [4.69, 9.17) is 22.1 Å². The number of hydrogen-bond acceptors (Lipinski definition) is 2. The van der Waals surface area contributed by atoms with Crippen LogP contribution in [-0.2, 0) is 6.54 Å². The molecule has 3 aromatic rings. The monoisotopic (exact) mass is 300 g/mol. The Morgan fingerprint density at radius 2 is 2.00 bits per heavy atom. The van der Waals surface area contributed by atoms with Crippen molar-refractivity contribution in [3.8, 4) is 5.75 Å². The number of hydrogen-bond donors (Lipinski definition) is 1. The minimum absolute atomic E-state index is 0.629. The summed E-state index contributed by atoms with van der Waals surface area (Å²) >= 11 is 6.30. The molecular weight excluding hydrogens is 284 g/mol. The molecule has 2 N–H and O–H groups in total. The fourth-order valence-electron chi connectivity index (χ4n) is 2.54. The molecule has 0 unspecified atom stereocenters. The molecule has 0 amide bonds. The van der Waals surface area contributed by atoms with Crippen molar-refractivity contribution in [1.82, 2.24) is 4.57 Å². The highest BCUT2D eigenvalue weighted by atomic mass is 35.5. The molecule has 3 rings (SSSR count). The molecule has 0 saturated heterocycles. The second-order valence-electron chi connectivity index (χ2n) is 4.92. The SMILES string of the molecule is CCOc1ccc(N)cc1Cn1cc(Cl)c2ccccc21. The molecule has 0 spiro atoms. The van der Waals surface area contributed by atoms with Crippen molar-refractivity contribution in [1.29, 1.82) is 0 Å². The van der Waals surface area contributed by atoms with E-state index in [1.54, 1.807) is 0 Å². The fourth-order valence-corrected chi connectivity index (χ4v) is 2.81. The Bertz CT molecular complexity index is 780. The third kappa shape index (κ3) is 2.69. The number of benzene rings is 2. The van der Waals surface area contributed by atoms with Crippen molar-refractivity contribution in [3.05, 3.63) is 59.2 Å². The van der Waals surface area contributed by atoms with Gasteiger partial charge >= 0.3 is 0 Å². The lowest BCUT2D eigenvalue weighted by atomic mass is 10.1. The van der Waals surface area contributed by atoms with E-state index in [1.807, 2.05) is 49.5 Å². The van der Waals surface area contributed by atoms with Gasteiger partial charge in [-0.2, -0.15) is 0 Å². The van der Waals surface area contributed by atoms with Gasteiger partial charge in [-0.1, -0.05) is 29.8 Å². The van der Waals surface area contributed by atoms with Crippen LogP contribution in [0, 0.1) is 0 Å². The first-order chi connectivity index (χ1) is 10.2. The largest absolute Gasteiger partial charge is 0.494 e. The summed E-state index contributed by atoms with van der Waals surface area (Å²) in [4.78, 5) is 0. The van der Waals surface area contributed by atoms with Gasteiger partial charge in [-0.3, -0.25) is 0 Å². The van der Waals surface area contributed by atoms with Crippen LogP contribution in [0.5, 0.6) is 5.75 Å². The molecule has 1 aromatic heterocycles. The van der Waals surface area contributed by atoms with Gasteiger partial charge in [-0.05, 0) is 31.2 Å². The first kappa shape index (κ1) is 13.8. The number of nitrogens with zero attached hydrogens (tertiary/aromatic N) is 1. The lowest BCUT2D eigenvalue weighted by Gasteiger charge is -2.12. The average molecular weight is 301 g/mol. The third-order valence-electron chi connectivity index (χ3n) is 3.47. The zero-order valence-corrected chi connectivity index (χ0v) is 12.6. The quantitative estimate of drug-likeness (QED) is 0.729. The highest BCUT2D eigenvalue weighted by molar-refractivity contribution is 6.35. The number of aromatic nitrogens is 1. The molecule has 0 bridgehead atoms. The van der Waals surface area contributed by atoms with E-state index in [-0.39, 0.29) is 0 Å². The van der Waals surface area contributed by atoms with Gasteiger partial charge in [0.15, 0.2) is 0 Å². The average Bonchev–Trinajstić information content (AvgIpc) is 2.79. The van der Waals surface area contributed by atoms with Crippen LogP contribution in [0.1, 0.15) is 12.5 Å². The lowest BCUT2D eigenvalue weighted by molar-refractivity contribution is 0.336. The predicted molar refractivity (Wildman–Crippen MR) is 88.1 cm³/mol. The zero-order valence-electron chi connectivity index (χ0n) is 11.8. The summed E-state index contributed by atoms with van der Waals surface area (Å²) in [6.45, 7) is 3.28. The van der Waals surface area contributed by atoms with E-state index in [0.29, 0.717) is 13.2 Å². The Labute approximate surface area is 128 Å². The van der Waals surface area contributed by atoms with Gasteiger partial charge < -0.3 is 15.0 Å². The molecular formula is C17H17ClN2O. The topological polar surface area (TPSA) is 40.2 Å². The number of nitrogen functional groups attached to an aromatic ring is 1. The summed E-state index contributed by atoms with van der Waals surface area (Å²) in [6.07, 6.45) is 1.95. The summed E-state index contributed by atoms with van der Waals surface area (Å²) in [6, 6.07) is 13.8. The first-order valence-corrected chi connectivity index (χ1v) is 7.31. The minimum atomic E-state index is 0.629. The Hall–Kier alpha value is -2.13. The third-order valence-corrected chi connectivity index (χ3v) is 3.77. The van der Waals surface area contributed by atoms with Gasteiger partial charge in [0.1, 0.15) is 5.75 Å². The van der Waals surface area contributed by atoms with Crippen molar-refractivity contribution >= 4 is 28.2 Å². The van der Waals surface area contributed by atoms with Gasteiger partial charge in [-0.15, -0.1) is 0 Å². The number of halogens is 1. The molecule has 21 heavy (non-hydrogen) atoms. The predicted octanol–water partition coefficient (Wildman–Crippen LogP) is 4.32. The van der Waals surface area contributed by atoms with Crippen molar-refractivity contribution < 1.29 is 4.74 Å². The van der Waals surface area contributed by atoms with Crippen LogP contribution < -0.4 is 10.5 Å². The van der Waals surface area contributed by atoms with Crippen LogP contribution in [-0.4, -0.2) is 11.2 Å². The van der Waals surface area contributed by atoms with E-state index >= 15 is 0 Å². The Kier molecular flexibility index (Phi) is 3.76. The summed E-state index contributed by atoms with van der Waals surface area (Å²) < 4.78 is 7.80. The number of nitrogens with two attached hydrogens (primary N) is 1. The van der Waals surface area contributed by atoms with Gasteiger partial charge in [0.25, 0.3) is 0 Å². The Morgan fingerprint density at radius 3 is 2.81 bits per heavy atom. The molecule has 0 aliphatic rings. The first-order valence-electron chi connectivity index (χ1n) is 6.93. The normalized spacial score (nSPS) is 11.0. The lowest BCUT2D eigenvalue weighted by Crippen LogP contribution is -2.03. The molecule has 3 nitrogen and oxygen atoms in total. The molecule has 1 heterocycles. The highest BCUT2D eigenvalue weighted by Gasteiger charge is 2.10. The van der Waals surface area contributed by atoms with Crippen LogP contribution in [0.4, 0.5) is 5.69 Å². The second kappa shape index (κ2) is 5.70. The number of ether oxygens (including phenoxy) is 1. The maximum atomic E-state index is 6.30. The van der Waals surface area contributed by atoms with Crippen LogP contribution in [0.2, 0.25) is 5.02 Å². The molecule has 0 aliphatic heterocycles. The second-order valence-corrected chi connectivity index (χ2v) is 5.33. The maximum Gasteiger partial charge on any atom is 0.124 e. The van der Waals surface area contributed by atoms with Crippen LogP contribution >= 0.6 is 11.6 Å². The molecule has 108 valence electrons. The van der Waals surface area contributed by atoms with E-state index in [2.05, 4.69) is 10.6 Å². The van der Waals surface area contributed by atoms with Crippen LogP contribution in [0.25, 0.3) is 10.9 Å². The standard InChI is InChI=1S/C17H17ClN2O/c1-2-21-17-8-7-13(19)9-12(17)10-20-11-15(18)14-5-3-4-6-16(14)20/h3-9,11H,2,10,19H2,1H3. The van der Waals surface area contributed by atoms with Gasteiger partial charge in [0.2, 0.25) is 0 Å². The minimum Gasteiger partial charge on any atom is -0.494 e. The molecule has 0 atom stereocenters. The van der Waals surface area contributed by atoms with Gasteiger partial charge in [-0.25, -0.2) is 0 Å². The van der Waals surface area contributed by atoms with E-state index in [0.717, 1.165) is 32.9 Å². The molecule has 0 saturated carbocycles. The molecule has 0 fully saturated rings. The van der Waals surface area contributed by atoms with Gasteiger partial charge in [0, 0.05) is 28.4 Å². The number of fused-ring (bicyclic) bond motifs is 1. The summed E-state index contributed by atoms with van der Waals surface area (Å²) in [5.41, 5.74) is 8.79. The van der Waals surface area contributed by atoms with Crippen molar-refractivity contribution in [2.24, 2.45) is 0 Å². The number of para-hydroxylation sites is 1. The van der Waals surface area contributed by atoms with Crippen molar-refractivity contribution in [2.75, 3.05) is 12.3 Å². The zero-order chi connectivity index (χ0) is 14.8. The number of anilines is 1. The Balaban J connectivity index is 2.04. The molecule has 4 heteroatoms. The van der Waals surface area contributed by atoms with Crippen molar-refractivity contribution in [2.45, 2.75) is 13.5 Å². The van der Waals surface area contributed by atoms with Crippen LogP contribution in [0.15, 0.2) is 48.7 Å². The summed E-state index contributed by atoms with van der Waals surface area (Å²) in [5, 5.41) is 1.81. The number of rotatable bonds is 4. The fraction of sp³-hybridized carbons (Fsp3) is 0.176. The van der Waals surface area contributed by atoms with Crippen LogP contribution in [0.3, 0.4) is 0 Å². The van der Waals surface area contributed by atoms with E-state index in [9.17, 15) is 0 Å². The summed E-state index contributed by atoms with van der Waals surface area (Å²) in [7, 11) is 0. The Morgan fingerprint density at radius 1 is 1.19 bits per heavy atom. The molecule has 0 aliphatic carbocycles.